The Morgan fingerprint density at radius 3 is 2.62 bits per heavy atom. The zero-order valence-corrected chi connectivity index (χ0v) is 14.8. The standard InChI is InChI=1S/C15H12BrIO4/c1-20-13-5-2-9(6-11(13)16)8-21-14-7-10(15(18)19)3-4-12(14)17/h2-7H,8H2,1H3,(H,18,19). The second kappa shape index (κ2) is 7.13. The fraction of sp³-hybridized carbons (Fsp3) is 0.133. The van der Waals surface area contributed by atoms with E-state index in [9.17, 15) is 4.79 Å². The molecule has 0 aliphatic rings. The third-order valence-corrected chi connectivity index (χ3v) is 4.30. The molecule has 110 valence electrons. The van der Waals surface area contributed by atoms with Crippen molar-refractivity contribution >= 4 is 44.5 Å². The molecule has 0 saturated carbocycles. The van der Waals surface area contributed by atoms with Gasteiger partial charge in [0.15, 0.2) is 0 Å². The molecular formula is C15H12BrIO4. The van der Waals surface area contributed by atoms with Crippen LogP contribution < -0.4 is 9.47 Å². The lowest BCUT2D eigenvalue weighted by Crippen LogP contribution is -2.01. The molecule has 0 atom stereocenters. The van der Waals surface area contributed by atoms with Gasteiger partial charge in [0.2, 0.25) is 0 Å². The topological polar surface area (TPSA) is 55.8 Å². The molecule has 0 heterocycles. The van der Waals surface area contributed by atoms with E-state index in [2.05, 4.69) is 38.5 Å². The van der Waals surface area contributed by atoms with E-state index in [4.69, 9.17) is 14.6 Å². The average molecular weight is 463 g/mol. The van der Waals surface area contributed by atoms with Gasteiger partial charge in [-0.2, -0.15) is 0 Å². The minimum Gasteiger partial charge on any atom is -0.496 e. The minimum absolute atomic E-state index is 0.210. The highest BCUT2D eigenvalue weighted by atomic mass is 127. The molecule has 0 spiro atoms. The van der Waals surface area contributed by atoms with Gasteiger partial charge in [-0.05, 0) is 74.4 Å². The molecular weight excluding hydrogens is 451 g/mol. The lowest BCUT2D eigenvalue weighted by atomic mass is 10.2. The van der Waals surface area contributed by atoms with Gasteiger partial charge >= 0.3 is 5.97 Å². The molecule has 0 fully saturated rings. The fourth-order valence-electron chi connectivity index (χ4n) is 1.71. The fourth-order valence-corrected chi connectivity index (χ4v) is 2.79. The first-order valence-electron chi connectivity index (χ1n) is 5.99. The van der Waals surface area contributed by atoms with Gasteiger partial charge < -0.3 is 14.6 Å². The highest BCUT2D eigenvalue weighted by Crippen LogP contribution is 2.27. The largest absolute Gasteiger partial charge is 0.496 e. The van der Waals surface area contributed by atoms with Crippen LogP contribution in [0.4, 0.5) is 0 Å². The summed E-state index contributed by atoms with van der Waals surface area (Å²) < 4.78 is 12.6. The van der Waals surface area contributed by atoms with Crippen molar-refractivity contribution in [2.75, 3.05) is 7.11 Å². The number of ether oxygens (including phenoxy) is 2. The summed E-state index contributed by atoms with van der Waals surface area (Å²) in [5.74, 6) is 0.340. The van der Waals surface area contributed by atoms with Crippen molar-refractivity contribution in [3.8, 4) is 11.5 Å². The van der Waals surface area contributed by atoms with Gasteiger partial charge in [0.25, 0.3) is 0 Å². The van der Waals surface area contributed by atoms with Gasteiger partial charge in [-0.3, -0.25) is 0 Å². The molecule has 2 aromatic rings. The van der Waals surface area contributed by atoms with E-state index in [-0.39, 0.29) is 5.56 Å². The van der Waals surface area contributed by atoms with Crippen LogP contribution in [-0.2, 0) is 6.61 Å². The van der Waals surface area contributed by atoms with Crippen LogP contribution >= 0.6 is 38.5 Å². The maximum absolute atomic E-state index is 11.0. The Balaban J connectivity index is 2.14. The molecule has 0 aromatic heterocycles. The monoisotopic (exact) mass is 462 g/mol. The zero-order valence-electron chi connectivity index (χ0n) is 11.1. The maximum atomic E-state index is 11.0. The van der Waals surface area contributed by atoms with E-state index in [0.717, 1.165) is 19.4 Å². The summed E-state index contributed by atoms with van der Waals surface area (Å²) in [6.45, 7) is 0.349. The van der Waals surface area contributed by atoms with Gasteiger partial charge in [-0.25, -0.2) is 4.79 Å². The summed E-state index contributed by atoms with van der Waals surface area (Å²) in [4.78, 5) is 11.0. The van der Waals surface area contributed by atoms with Crippen LogP contribution in [0.15, 0.2) is 40.9 Å². The van der Waals surface area contributed by atoms with Crippen molar-refractivity contribution in [2.24, 2.45) is 0 Å². The number of hydrogen-bond acceptors (Lipinski definition) is 3. The lowest BCUT2D eigenvalue weighted by Gasteiger charge is -2.10. The van der Waals surface area contributed by atoms with Crippen molar-refractivity contribution < 1.29 is 19.4 Å². The summed E-state index contributed by atoms with van der Waals surface area (Å²) >= 11 is 5.53. The third kappa shape index (κ3) is 4.10. The number of hydrogen-bond donors (Lipinski definition) is 1. The average Bonchev–Trinajstić information content (AvgIpc) is 2.46. The molecule has 0 bridgehead atoms. The molecule has 0 aliphatic carbocycles. The maximum Gasteiger partial charge on any atom is 0.335 e. The Morgan fingerprint density at radius 1 is 1.24 bits per heavy atom. The summed E-state index contributed by atoms with van der Waals surface area (Å²) in [5, 5.41) is 9.00. The molecule has 1 N–H and O–H groups in total. The Hall–Kier alpha value is -1.28. The van der Waals surface area contributed by atoms with Crippen LogP contribution in [0.25, 0.3) is 0 Å². The van der Waals surface area contributed by atoms with Crippen molar-refractivity contribution in [2.45, 2.75) is 6.61 Å². The number of rotatable bonds is 5. The predicted molar refractivity (Wildman–Crippen MR) is 91.1 cm³/mol. The predicted octanol–water partition coefficient (Wildman–Crippen LogP) is 4.34. The Bertz CT molecular complexity index is 673. The van der Waals surface area contributed by atoms with Crippen molar-refractivity contribution in [1.82, 2.24) is 0 Å². The summed E-state index contributed by atoms with van der Waals surface area (Å²) in [5.41, 5.74) is 1.17. The second-order valence-corrected chi connectivity index (χ2v) is 6.22. The van der Waals surface area contributed by atoms with E-state index < -0.39 is 5.97 Å². The van der Waals surface area contributed by atoms with Gasteiger partial charge in [0.1, 0.15) is 18.1 Å². The van der Waals surface area contributed by atoms with E-state index in [0.29, 0.717) is 12.4 Å². The molecule has 6 heteroatoms. The van der Waals surface area contributed by atoms with E-state index >= 15 is 0 Å². The van der Waals surface area contributed by atoms with Crippen LogP contribution in [-0.4, -0.2) is 18.2 Å². The SMILES string of the molecule is COc1ccc(COc2cc(C(=O)O)ccc2I)cc1Br. The number of methoxy groups -OCH3 is 1. The molecule has 0 aliphatic heterocycles. The number of benzene rings is 2. The smallest absolute Gasteiger partial charge is 0.335 e. The zero-order chi connectivity index (χ0) is 15.4. The van der Waals surface area contributed by atoms with Gasteiger partial charge in [-0.15, -0.1) is 0 Å². The van der Waals surface area contributed by atoms with Crippen molar-refractivity contribution in [1.29, 1.82) is 0 Å². The summed E-state index contributed by atoms with van der Waals surface area (Å²) in [6, 6.07) is 10.5. The molecule has 21 heavy (non-hydrogen) atoms. The first-order valence-corrected chi connectivity index (χ1v) is 7.86. The van der Waals surface area contributed by atoms with Gasteiger partial charge in [-0.1, -0.05) is 6.07 Å². The number of carboxylic acid groups (broad SMARTS) is 1. The molecule has 0 radical (unpaired) electrons. The third-order valence-electron chi connectivity index (χ3n) is 2.79. The van der Waals surface area contributed by atoms with Crippen LogP contribution in [0.5, 0.6) is 11.5 Å². The Labute approximate surface area is 144 Å². The van der Waals surface area contributed by atoms with Crippen LogP contribution in [0.1, 0.15) is 15.9 Å². The van der Waals surface area contributed by atoms with E-state index in [1.807, 2.05) is 18.2 Å². The van der Waals surface area contributed by atoms with Gasteiger partial charge in [0, 0.05) is 0 Å². The minimum atomic E-state index is -0.969. The second-order valence-electron chi connectivity index (χ2n) is 4.21. The lowest BCUT2D eigenvalue weighted by molar-refractivity contribution is 0.0696. The first kappa shape index (κ1) is 16.1. The number of aromatic carboxylic acids is 1. The molecule has 0 saturated heterocycles. The molecule has 2 rings (SSSR count). The number of carbonyl (C=O) groups is 1. The van der Waals surface area contributed by atoms with Crippen LogP contribution in [0.3, 0.4) is 0 Å². The van der Waals surface area contributed by atoms with Gasteiger partial charge in [0.05, 0.1) is 20.7 Å². The van der Waals surface area contributed by atoms with E-state index in [1.54, 1.807) is 19.2 Å². The Kier molecular flexibility index (Phi) is 5.46. The first-order chi connectivity index (χ1) is 10.0. The molecule has 0 unspecified atom stereocenters. The highest BCUT2D eigenvalue weighted by molar-refractivity contribution is 14.1. The van der Waals surface area contributed by atoms with Crippen molar-refractivity contribution in [3.63, 3.8) is 0 Å². The number of halogens is 2. The van der Waals surface area contributed by atoms with E-state index in [1.165, 1.54) is 6.07 Å². The molecule has 2 aromatic carbocycles. The summed E-state index contributed by atoms with van der Waals surface area (Å²) in [7, 11) is 1.61. The Morgan fingerprint density at radius 2 is 2.00 bits per heavy atom. The van der Waals surface area contributed by atoms with Crippen LogP contribution in [0.2, 0.25) is 0 Å². The van der Waals surface area contributed by atoms with Crippen molar-refractivity contribution in [3.05, 3.63) is 55.6 Å². The normalized spacial score (nSPS) is 10.2. The highest BCUT2D eigenvalue weighted by Gasteiger charge is 2.09. The summed E-state index contributed by atoms with van der Waals surface area (Å²) in [6.07, 6.45) is 0. The quantitative estimate of drug-likeness (QED) is 0.671. The number of carboxylic acids is 1. The molecule has 0 amide bonds. The van der Waals surface area contributed by atoms with Crippen LogP contribution in [0, 0.1) is 3.57 Å². The molecule has 4 nitrogen and oxygen atoms in total.